The van der Waals surface area contributed by atoms with E-state index in [0.717, 1.165) is 12.2 Å². The van der Waals surface area contributed by atoms with E-state index in [1.807, 2.05) is 12.1 Å². The third-order valence-corrected chi connectivity index (χ3v) is 7.17. The van der Waals surface area contributed by atoms with E-state index in [9.17, 15) is 4.79 Å². The van der Waals surface area contributed by atoms with Crippen molar-refractivity contribution in [3.05, 3.63) is 29.8 Å². The van der Waals surface area contributed by atoms with Crippen molar-refractivity contribution < 1.29 is 9.90 Å². The van der Waals surface area contributed by atoms with Gasteiger partial charge in [0.15, 0.2) is 0 Å². The van der Waals surface area contributed by atoms with Gasteiger partial charge in [0.1, 0.15) is 0 Å². The average molecular weight is 430 g/mol. The molecule has 2 N–H and O–H groups in total. The zero-order chi connectivity index (χ0) is 20.7. The van der Waals surface area contributed by atoms with Gasteiger partial charge in [0, 0.05) is 20.3 Å². The van der Waals surface area contributed by atoms with E-state index >= 15 is 0 Å². The van der Waals surface area contributed by atoms with E-state index in [4.69, 9.17) is 5.11 Å². The Labute approximate surface area is 202 Å². The van der Waals surface area contributed by atoms with Crippen LogP contribution in [0.4, 0.5) is 5.69 Å². The molecule has 5 heteroatoms. The summed E-state index contributed by atoms with van der Waals surface area (Å²) in [4.78, 5) is 10.8. The van der Waals surface area contributed by atoms with Gasteiger partial charge in [-0.1, -0.05) is 96.3 Å². The Morgan fingerprint density at radius 2 is 1.17 bits per heavy atom. The van der Waals surface area contributed by atoms with Crippen molar-refractivity contribution in [3.63, 3.8) is 0 Å². The van der Waals surface area contributed by atoms with Crippen molar-refractivity contribution in [1.29, 1.82) is 0 Å². The Hall–Kier alpha value is -0.293. The van der Waals surface area contributed by atoms with Crippen molar-refractivity contribution >= 4 is 49.3 Å². The first-order chi connectivity index (χ1) is 13.4. The first kappa shape index (κ1) is 28.7. The van der Waals surface area contributed by atoms with Crippen LogP contribution in [-0.4, -0.2) is 55.3 Å². The summed E-state index contributed by atoms with van der Waals surface area (Å²) in [6.07, 6.45) is 16.6. The third kappa shape index (κ3) is 17.1. The summed E-state index contributed by atoms with van der Waals surface area (Å²) in [7, 11) is -0.807. The number of nitrogens with one attached hydrogen (secondary N) is 1. The summed E-state index contributed by atoms with van der Waals surface area (Å²) >= 11 is 0. The molecule has 0 aliphatic carbocycles. The van der Waals surface area contributed by atoms with Crippen LogP contribution in [0.1, 0.15) is 87.4 Å². The molecule has 1 rings (SSSR count). The van der Waals surface area contributed by atoms with Gasteiger partial charge in [-0.25, -0.2) is 4.79 Å². The molecule has 0 radical (unpaired) electrons. The third-order valence-electron chi connectivity index (χ3n) is 5.31. The molecule has 0 spiro atoms. The molecular weight excluding hydrogens is 385 g/mol. The van der Waals surface area contributed by atoms with Gasteiger partial charge >= 0.3 is 35.5 Å². The van der Waals surface area contributed by atoms with Crippen LogP contribution in [-0.2, 0) is 0 Å². The number of unbranched alkanes of at least 4 members (excludes halogenated alkanes) is 11. The van der Waals surface area contributed by atoms with E-state index in [1.54, 1.807) is 12.1 Å². The maximum absolute atomic E-state index is 10.8. The molecule has 3 nitrogen and oxygen atoms in total. The number of hydrogen-bond acceptors (Lipinski definition) is 2. The predicted octanol–water partition coefficient (Wildman–Crippen LogP) is 7.17. The van der Waals surface area contributed by atoms with Gasteiger partial charge in [-0.05, 0) is 30.7 Å². The zero-order valence-corrected chi connectivity index (χ0v) is 19.6. The number of anilines is 1. The molecule has 1 aromatic carbocycles. The van der Waals surface area contributed by atoms with Crippen molar-refractivity contribution in [2.75, 3.05) is 11.9 Å². The molecule has 0 amide bonds. The molecule has 0 aromatic heterocycles. The van der Waals surface area contributed by atoms with Gasteiger partial charge < -0.3 is 10.4 Å². The van der Waals surface area contributed by atoms with E-state index in [2.05, 4.69) is 25.0 Å². The number of carboxylic acid groups (broad SMARTS) is 1. The van der Waals surface area contributed by atoms with E-state index in [-0.39, 0.29) is 29.6 Å². The number of carboxylic acids is 1. The first-order valence-corrected chi connectivity index (χ1v) is 15.2. The molecule has 0 aliphatic rings. The molecular formula is C24H44NNaO2Si. The molecule has 29 heavy (non-hydrogen) atoms. The van der Waals surface area contributed by atoms with Gasteiger partial charge in [0.25, 0.3) is 0 Å². The van der Waals surface area contributed by atoms with E-state index < -0.39 is 14.0 Å². The molecule has 0 saturated carbocycles. The van der Waals surface area contributed by atoms with Crippen molar-refractivity contribution in [1.82, 2.24) is 0 Å². The Bertz CT molecular complexity index is 529. The molecule has 0 atom stereocenters. The normalized spacial score (nSPS) is 11.1. The van der Waals surface area contributed by atoms with E-state index in [0.29, 0.717) is 5.56 Å². The van der Waals surface area contributed by atoms with Gasteiger partial charge in [-0.3, -0.25) is 0 Å². The fraction of sp³-hybridized carbons (Fsp3) is 0.708. The van der Waals surface area contributed by atoms with E-state index in [1.165, 1.54) is 83.1 Å². The summed E-state index contributed by atoms with van der Waals surface area (Å²) in [6, 6.07) is 8.49. The fourth-order valence-electron chi connectivity index (χ4n) is 3.51. The van der Waals surface area contributed by atoms with Crippen LogP contribution >= 0.6 is 0 Å². The molecule has 0 heterocycles. The van der Waals surface area contributed by atoms with Crippen molar-refractivity contribution in [2.24, 2.45) is 0 Å². The van der Waals surface area contributed by atoms with Gasteiger partial charge in [-0.2, -0.15) is 0 Å². The fourth-order valence-corrected chi connectivity index (χ4v) is 4.82. The minimum absolute atomic E-state index is 0. The summed E-state index contributed by atoms with van der Waals surface area (Å²) in [5.41, 5.74) is 1.35. The van der Waals surface area contributed by atoms with Crippen LogP contribution < -0.4 is 5.32 Å². The summed E-state index contributed by atoms with van der Waals surface area (Å²) in [6.45, 7) is 8.39. The molecule has 0 saturated heterocycles. The molecule has 0 fully saturated rings. The Balaban J connectivity index is 0.00000784. The second-order valence-electron chi connectivity index (χ2n) is 9.36. The average Bonchev–Trinajstić information content (AvgIpc) is 2.64. The SMILES string of the molecule is C[Si](C)(C)CCCCCCCCCCCCCCNc1ccc(C(=O)O)cc1.[NaH]. The van der Waals surface area contributed by atoms with Crippen LogP contribution in [0.5, 0.6) is 0 Å². The topological polar surface area (TPSA) is 49.3 Å². The van der Waals surface area contributed by atoms with Gasteiger partial charge in [-0.15, -0.1) is 0 Å². The quantitative estimate of drug-likeness (QED) is 0.204. The Kier molecular flexibility index (Phi) is 17.2. The summed E-state index contributed by atoms with van der Waals surface area (Å²) < 4.78 is 0. The van der Waals surface area contributed by atoms with Gasteiger partial charge in [0.05, 0.1) is 5.56 Å². The molecule has 1 aromatic rings. The molecule has 0 bridgehead atoms. The van der Waals surface area contributed by atoms with Gasteiger partial charge in [0.2, 0.25) is 0 Å². The zero-order valence-electron chi connectivity index (χ0n) is 18.6. The molecule has 162 valence electrons. The van der Waals surface area contributed by atoms with Crippen LogP contribution in [0.15, 0.2) is 24.3 Å². The first-order valence-electron chi connectivity index (χ1n) is 11.5. The number of carbonyl (C=O) groups is 1. The summed E-state index contributed by atoms with van der Waals surface area (Å²) in [5, 5.41) is 12.3. The standard InChI is InChI=1S/C24H43NO2Si.Na.H/c1-28(2,3)21-15-13-11-9-7-5-4-6-8-10-12-14-20-25-23-18-16-22(17-19-23)24(26)27;;/h16-19,25H,4-15,20-21H2,1-3H3,(H,26,27);;. The van der Waals surface area contributed by atoms with Crippen LogP contribution in [0.3, 0.4) is 0 Å². The summed E-state index contributed by atoms with van der Waals surface area (Å²) in [5.74, 6) is -0.871. The number of rotatable bonds is 17. The van der Waals surface area contributed by atoms with Crippen LogP contribution in [0.2, 0.25) is 25.7 Å². The molecule has 0 aliphatic heterocycles. The minimum atomic E-state index is -0.871. The number of hydrogen-bond donors (Lipinski definition) is 2. The predicted molar refractivity (Wildman–Crippen MR) is 133 cm³/mol. The van der Waals surface area contributed by atoms with Crippen LogP contribution in [0.25, 0.3) is 0 Å². The van der Waals surface area contributed by atoms with Crippen LogP contribution in [0, 0.1) is 0 Å². The monoisotopic (exact) mass is 429 g/mol. The Morgan fingerprint density at radius 1 is 0.759 bits per heavy atom. The van der Waals surface area contributed by atoms with Crippen molar-refractivity contribution in [2.45, 2.75) is 103 Å². The second-order valence-corrected chi connectivity index (χ2v) is 15.0. The molecule has 0 unspecified atom stereocenters. The Morgan fingerprint density at radius 3 is 1.59 bits per heavy atom. The second kappa shape index (κ2) is 17.4. The number of aromatic carboxylic acids is 1. The number of benzene rings is 1. The van der Waals surface area contributed by atoms with Crippen molar-refractivity contribution in [3.8, 4) is 0 Å². The maximum atomic E-state index is 10.8.